The smallest absolute Gasteiger partial charge is 0.371 e. The Kier molecular flexibility index (Phi) is 2.92. The van der Waals surface area contributed by atoms with Crippen molar-refractivity contribution >= 4 is 33.4 Å². The van der Waals surface area contributed by atoms with Gasteiger partial charge in [-0.1, -0.05) is 12.1 Å². The second-order valence-electron chi connectivity index (χ2n) is 3.95. The van der Waals surface area contributed by atoms with Crippen LogP contribution in [0, 0.1) is 0 Å². The zero-order valence-corrected chi connectivity index (χ0v) is 10.6. The molecule has 3 aromatic rings. The molecule has 0 saturated heterocycles. The van der Waals surface area contributed by atoms with Crippen LogP contribution in [0.25, 0.3) is 10.9 Å². The maximum absolute atomic E-state index is 10.7. The third kappa shape index (κ3) is 2.30. The summed E-state index contributed by atoms with van der Waals surface area (Å²) in [5.74, 6) is -0.532. The van der Waals surface area contributed by atoms with Gasteiger partial charge in [-0.3, -0.25) is 0 Å². The van der Waals surface area contributed by atoms with Gasteiger partial charge in [0.05, 0.1) is 12.1 Å². The predicted octanol–water partition coefficient (Wildman–Crippen LogP) is 3.20. The van der Waals surface area contributed by atoms with Crippen LogP contribution in [0.3, 0.4) is 0 Å². The Morgan fingerprint density at radius 3 is 2.95 bits per heavy atom. The van der Waals surface area contributed by atoms with Crippen LogP contribution in [0.2, 0.25) is 0 Å². The highest BCUT2D eigenvalue weighted by atomic mass is 32.1. The third-order valence-corrected chi connectivity index (χ3v) is 3.51. The first-order valence-corrected chi connectivity index (χ1v) is 6.41. The van der Waals surface area contributed by atoms with E-state index in [4.69, 9.17) is 9.52 Å². The van der Waals surface area contributed by atoms with Crippen LogP contribution < -0.4 is 5.32 Å². The molecule has 2 heterocycles. The van der Waals surface area contributed by atoms with Crippen molar-refractivity contribution in [3.05, 3.63) is 47.9 Å². The minimum Gasteiger partial charge on any atom is -0.475 e. The number of hydrogen-bond donors (Lipinski definition) is 2. The fraction of sp³-hybridized carbons (Fsp3) is 0.0769. The summed E-state index contributed by atoms with van der Waals surface area (Å²) < 4.78 is 9.50. The van der Waals surface area contributed by atoms with Crippen LogP contribution in [-0.4, -0.2) is 15.4 Å². The third-order valence-electron chi connectivity index (χ3n) is 2.68. The lowest BCUT2D eigenvalue weighted by Crippen LogP contribution is -1.97. The number of furan rings is 1. The quantitative estimate of drug-likeness (QED) is 0.764. The van der Waals surface area contributed by atoms with Gasteiger partial charge < -0.3 is 14.8 Å². The Balaban J connectivity index is 1.76. The van der Waals surface area contributed by atoms with E-state index < -0.39 is 5.97 Å². The number of benzene rings is 1. The molecule has 0 aliphatic carbocycles. The van der Waals surface area contributed by atoms with Crippen molar-refractivity contribution in [3.8, 4) is 0 Å². The monoisotopic (exact) mass is 274 g/mol. The maximum Gasteiger partial charge on any atom is 0.371 e. The van der Waals surface area contributed by atoms with E-state index in [2.05, 4.69) is 9.69 Å². The van der Waals surface area contributed by atoms with Crippen molar-refractivity contribution in [2.24, 2.45) is 0 Å². The summed E-state index contributed by atoms with van der Waals surface area (Å²) in [6.07, 6.45) is 0. The molecule has 0 unspecified atom stereocenters. The van der Waals surface area contributed by atoms with Gasteiger partial charge in [0.1, 0.15) is 10.8 Å². The molecular formula is C13H10N2O3S. The van der Waals surface area contributed by atoms with Gasteiger partial charge in [-0.2, -0.15) is 4.37 Å². The molecule has 0 fully saturated rings. The Labute approximate surface area is 112 Å². The fourth-order valence-corrected chi connectivity index (χ4v) is 2.53. The Hall–Kier alpha value is -2.34. The lowest BCUT2D eigenvalue weighted by atomic mass is 10.2. The molecule has 2 N–H and O–H groups in total. The van der Waals surface area contributed by atoms with Gasteiger partial charge in [0.25, 0.3) is 0 Å². The van der Waals surface area contributed by atoms with Crippen molar-refractivity contribution < 1.29 is 14.3 Å². The number of carboxylic acids is 1. The molecule has 1 aromatic carbocycles. The van der Waals surface area contributed by atoms with E-state index >= 15 is 0 Å². The number of aromatic carboxylic acids is 1. The molecule has 0 atom stereocenters. The molecule has 0 aliphatic heterocycles. The number of fused-ring (bicyclic) bond motifs is 1. The molecule has 0 amide bonds. The molecule has 6 heteroatoms. The summed E-state index contributed by atoms with van der Waals surface area (Å²) in [4.78, 5) is 10.7. The lowest BCUT2D eigenvalue weighted by molar-refractivity contribution is 0.0660. The van der Waals surface area contributed by atoms with Crippen LogP contribution in [0.15, 0.2) is 40.8 Å². The number of nitrogens with one attached hydrogen (secondary N) is 1. The van der Waals surface area contributed by atoms with Gasteiger partial charge in [-0.25, -0.2) is 4.79 Å². The second-order valence-corrected chi connectivity index (χ2v) is 4.73. The molecule has 0 spiro atoms. The zero-order chi connectivity index (χ0) is 13.2. The SMILES string of the molecule is O=C(O)c1ccc(CNc2snc3ccccc23)o1. The summed E-state index contributed by atoms with van der Waals surface area (Å²) in [5, 5.41) is 14.0. The van der Waals surface area contributed by atoms with E-state index in [9.17, 15) is 4.79 Å². The summed E-state index contributed by atoms with van der Waals surface area (Å²) in [6, 6.07) is 10.9. The normalized spacial score (nSPS) is 10.7. The first-order valence-electron chi connectivity index (χ1n) is 5.64. The van der Waals surface area contributed by atoms with Crippen molar-refractivity contribution in [1.82, 2.24) is 4.37 Å². The number of nitrogens with zero attached hydrogens (tertiary/aromatic N) is 1. The van der Waals surface area contributed by atoms with Crippen LogP contribution in [0.1, 0.15) is 16.3 Å². The lowest BCUT2D eigenvalue weighted by Gasteiger charge is -2.00. The first kappa shape index (κ1) is 11.7. The molecule has 3 rings (SSSR count). The van der Waals surface area contributed by atoms with Gasteiger partial charge in [0.2, 0.25) is 5.76 Å². The Morgan fingerprint density at radius 2 is 2.16 bits per heavy atom. The maximum atomic E-state index is 10.7. The summed E-state index contributed by atoms with van der Waals surface area (Å²) in [6.45, 7) is 0.430. The van der Waals surface area contributed by atoms with Gasteiger partial charge in [0, 0.05) is 5.39 Å². The van der Waals surface area contributed by atoms with Gasteiger partial charge >= 0.3 is 5.97 Å². The van der Waals surface area contributed by atoms with E-state index in [1.54, 1.807) is 6.07 Å². The van der Waals surface area contributed by atoms with Crippen LogP contribution >= 0.6 is 11.5 Å². The predicted molar refractivity (Wildman–Crippen MR) is 72.6 cm³/mol. The number of anilines is 1. The minimum atomic E-state index is -1.06. The molecule has 2 aromatic heterocycles. The number of rotatable bonds is 4. The molecule has 0 bridgehead atoms. The number of aromatic nitrogens is 1. The molecule has 5 nitrogen and oxygen atoms in total. The van der Waals surface area contributed by atoms with Gasteiger partial charge in [0.15, 0.2) is 0 Å². The van der Waals surface area contributed by atoms with E-state index in [1.165, 1.54) is 17.6 Å². The average Bonchev–Trinajstić information content (AvgIpc) is 3.03. The zero-order valence-electron chi connectivity index (χ0n) is 9.79. The molecule has 19 heavy (non-hydrogen) atoms. The van der Waals surface area contributed by atoms with Crippen LogP contribution in [0.5, 0.6) is 0 Å². The van der Waals surface area contributed by atoms with E-state index in [-0.39, 0.29) is 5.76 Å². The average molecular weight is 274 g/mol. The van der Waals surface area contributed by atoms with E-state index in [1.807, 2.05) is 24.3 Å². The van der Waals surface area contributed by atoms with Crippen LogP contribution in [-0.2, 0) is 6.54 Å². The van der Waals surface area contributed by atoms with Crippen molar-refractivity contribution in [1.29, 1.82) is 0 Å². The van der Waals surface area contributed by atoms with Crippen LogP contribution in [0.4, 0.5) is 5.00 Å². The van der Waals surface area contributed by atoms with Crippen molar-refractivity contribution in [3.63, 3.8) is 0 Å². The Morgan fingerprint density at radius 1 is 1.32 bits per heavy atom. The molecule has 0 saturated carbocycles. The van der Waals surface area contributed by atoms with Gasteiger partial charge in [-0.15, -0.1) is 0 Å². The topological polar surface area (TPSA) is 75.4 Å². The Bertz CT molecular complexity index is 732. The summed E-state index contributed by atoms with van der Waals surface area (Å²) in [7, 11) is 0. The highest BCUT2D eigenvalue weighted by Gasteiger charge is 2.10. The molecular weight excluding hydrogens is 264 g/mol. The summed E-state index contributed by atoms with van der Waals surface area (Å²) >= 11 is 1.38. The van der Waals surface area contributed by atoms with Crippen molar-refractivity contribution in [2.45, 2.75) is 6.54 Å². The number of carbonyl (C=O) groups is 1. The highest BCUT2D eigenvalue weighted by Crippen LogP contribution is 2.27. The standard InChI is InChI=1S/C13H10N2O3S/c16-13(17)11-6-5-8(18-11)7-14-12-9-3-1-2-4-10(9)15-19-12/h1-6,14H,7H2,(H,16,17). The molecule has 0 radical (unpaired) electrons. The minimum absolute atomic E-state index is 0.0500. The number of carboxylic acid groups (broad SMARTS) is 1. The molecule has 96 valence electrons. The van der Waals surface area contributed by atoms with Gasteiger partial charge in [-0.05, 0) is 35.8 Å². The van der Waals surface area contributed by atoms with E-state index in [0.29, 0.717) is 12.3 Å². The second kappa shape index (κ2) is 4.74. The van der Waals surface area contributed by atoms with E-state index in [0.717, 1.165) is 15.9 Å². The number of hydrogen-bond acceptors (Lipinski definition) is 5. The highest BCUT2D eigenvalue weighted by molar-refractivity contribution is 7.11. The molecule has 0 aliphatic rings. The summed E-state index contributed by atoms with van der Waals surface area (Å²) in [5.41, 5.74) is 0.945. The van der Waals surface area contributed by atoms with Crippen molar-refractivity contribution in [2.75, 3.05) is 5.32 Å². The fourth-order valence-electron chi connectivity index (χ4n) is 1.77. The first-order chi connectivity index (χ1) is 9.24. The largest absolute Gasteiger partial charge is 0.475 e.